The first-order chi connectivity index (χ1) is 14.1. The molecule has 1 saturated heterocycles. The predicted octanol–water partition coefficient (Wildman–Crippen LogP) is 3.13. The van der Waals surface area contributed by atoms with Crippen LogP contribution in [-0.2, 0) is 22.6 Å². The van der Waals surface area contributed by atoms with Gasteiger partial charge in [-0.2, -0.15) is 8.75 Å². The van der Waals surface area contributed by atoms with E-state index in [0.717, 1.165) is 23.0 Å². The molecule has 0 saturated carbocycles. The van der Waals surface area contributed by atoms with Crippen LogP contribution < -0.4 is 0 Å². The molecular weight excluding hydrogens is 384 g/mol. The zero-order chi connectivity index (χ0) is 20.2. The predicted molar refractivity (Wildman–Crippen MR) is 113 cm³/mol. The largest absolute Gasteiger partial charge is 0.342 e. The SMILES string of the molecule is CN(Cc1ccc2nsnc2c1)C(=O)[C@H]1CCC(=O)N(CCc2ccccc2)C1. The number of fused-ring (bicyclic) bond motifs is 1. The number of piperidine rings is 1. The quantitative estimate of drug-likeness (QED) is 0.629. The van der Waals surface area contributed by atoms with Gasteiger partial charge in [0, 0.05) is 33.1 Å². The van der Waals surface area contributed by atoms with E-state index in [1.165, 1.54) is 17.3 Å². The molecule has 0 aliphatic carbocycles. The maximum absolute atomic E-state index is 13.0. The number of aromatic nitrogens is 2. The van der Waals surface area contributed by atoms with Crippen molar-refractivity contribution in [2.24, 2.45) is 5.92 Å². The normalized spacial score (nSPS) is 16.9. The summed E-state index contributed by atoms with van der Waals surface area (Å²) in [7, 11) is 1.83. The first kappa shape index (κ1) is 19.5. The molecule has 2 amide bonds. The first-order valence-electron chi connectivity index (χ1n) is 9.88. The number of amides is 2. The van der Waals surface area contributed by atoms with Crippen molar-refractivity contribution in [1.82, 2.24) is 18.5 Å². The third-order valence-electron chi connectivity index (χ3n) is 5.48. The second-order valence-electron chi connectivity index (χ2n) is 7.59. The van der Waals surface area contributed by atoms with Gasteiger partial charge in [-0.1, -0.05) is 36.4 Å². The summed E-state index contributed by atoms with van der Waals surface area (Å²) in [5, 5.41) is 0. The summed E-state index contributed by atoms with van der Waals surface area (Å²) < 4.78 is 8.48. The number of hydrogen-bond acceptors (Lipinski definition) is 5. The number of hydrogen-bond donors (Lipinski definition) is 0. The van der Waals surface area contributed by atoms with E-state index in [2.05, 4.69) is 20.9 Å². The number of nitrogens with zero attached hydrogens (tertiary/aromatic N) is 4. The van der Waals surface area contributed by atoms with E-state index in [0.29, 0.717) is 32.5 Å². The van der Waals surface area contributed by atoms with Crippen LogP contribution in [0, 0.1) is 5.92 Å². The van der Waals surface area contributed by atoms with Crippen molar-refractivity contribution in [2.75, 3.05) is 20.1 Å². The minimum absolute atomic E-state index is 0.0960. The fourth-order valence-electron chi connectivity index (χ4n) is 3.83. The lowest BCUT2D eigenvalue weighted by Gasteiger charge is -2.34. The Bertz CT molecular complexity index is 1000. The number of benzene rings is 2. The van der Waals surface area contributed by atoms with Crippen LogP contribution in [0.25, 0.3) is 11.0 Å². The third kappa shape index (κ3) is 4.62. The van der Waals surface area contributed by atoms with Crippen molar-refractivity contribution < 1.29 is 9.59 Å². The summed E-state index contributed by atoms with van der Waals surface area (Å²) >= 11 is 1.19. The Hall–Kier alpha value is -2.80. The van der Waals surface area contributed by atoms with Crippen LogP contribution in [0.5, 0.6) is 0 Å². The minimum atomic E-state index is -0.141. The Kier molecular flexibility index (Phi) is 5.85. The molecule has 6 nitrogen and oxygen atoms in total. The average molecular weight is 409 g/mol. The molecule has 1 aromatic heterocycles. The summed E-state index contributed by atoms with van der Waals surface area (Å²) in [5.74, 6) is 0.103. The third-order valence-corrected chi connectivity index (χ3v) is 6.03. The van der Waals surface area contributed by atoms with Crippen LogP contribution in [0.3, 0.4) is 0 Å². The lowest BCUT2D eigenvalue weighted by atomic mass is 9.95. The summed E-state index contributed by atoms with van der Waals surface area (Å²) in [6.07, 6.45) is 1.87. The molecule has 3 aromatic rings. The molecule has 0 unspecified atom stereocenters. The van der Waals surface area contributed by atoms with Gasteiger partial charge < -0.3 is 9.80 Å². The number of carbonyl (C=O) groups is 2. The molecule has 1 aliphatic heterocycles. The van der Waals surface area contributed by atoms with E-state index < -0.39 is 0 Å². The van der Waals surface area contributed by atoms with Gasteiger partial charge in [-0.25, -0.2) is 0 Å². The van der Waals surface area contributed by atoms with Gasteiger partial charge in [-0.3, -0.25) is 9.59 Å². The van der Waals surface area contributed by atoms with E-state index in [1.54, 1.807) is 4.90 Å². The first-order valence-corrected chi connectivity index (χ1v) is 10.6. The molecule has 0 bridgehead atoms. The zero-order valence-corrected chi connectivity index (χ0v) is 17.3. The van der Waals surface area contributed by atoms with Gasteiger partial charge in [0.2, 0.25) is 11.8 Å². The summed E-state index contributed by atoms with van der Waals surface area (Å²) in [6.45, 7) is 1.69. The fraction of sp³-hybridized carbons (Fsp3) is 0.364. The highest BCUT2D eigenvalue weighted by Crippen LogP contribution is 2.21. The molecule has 4 rings (SSSR count). The maximum atomic E-state index is 13.0. The smallest absolute Gasteiger partial charge is 0.227 e. The van der Waals surface area contributed by atoms with Crippen LogP contribution in [-0.4, -0.2) is 50.5 Å². The Morgan fingerprint density at radius 2 is 1.93 bits per heavy atom. The molecule has 2 heterocycles. The summed E-state index contributed by atoms with van der Waals surface area (Å²) in [6, 6.07) is 16.1. The second-order valence-corrected chi connectivity index (χ2v) is 8.12. The number of rotatable bonds is 6. The van der Waals surface area contributed by atoms with Gasteiger partial charge >= 0.3 is 0 Å². The van der Waals surface area contributed by atoms with Gasteiger partial charge in [0.1, 0.15) is 11.0 Å². The Balaban J connectivity index is 1.36. The molecule has 0 spiro atoms. The maximum Gasteiger partial charge on any atom is 0.227 e. The van der Waals surface area contributed by atoms with Gasteiger partial charge in [-0.05, 0) is 36.1 Å². The molecule has 0 N–H and O–H groups in total. The second kappa shape index (κ2) is 8.69. The van der Waals surface area contributed by atoms with Crippen molar-refractivity contribution in [3.05, 3.63) is 59.7 Å². The molecule has 0 radical (unpaired) electrons. The van der Waals surface area contributed by atoms with Crippen LogP contribution in [0.1, 0.15) is 24.0 Å². The summed E-state index contributed by atoms with van der Waals surface area (Å²) in [4.78, 5) is 28.9. The van der Waals surface area contributed by atoms with Crippen molar-refractivity contribution in [3.63, 3.8) is 0 Å². The van der Waals surface area contributed by atoms with E-state index in [-0.39, 0.29) is 17.7 Å². The van der Waals surface area contributed by atoms with Gasteiger partial charge in [-0.15, -0.1) is 0 Å². The lowest BCUT2D eigenvalue weighted by Crippen LogP contribution is -2.46. The molecule has 29 heavy (non-hydrogen) atoms. The van der Waals surface area contributed by atoms with Gasteiger partial charge in [0.25, 0.3) is 0 Å². The van der Waals surface area contributed by atoms with Gasteiger partial charge in [0.15, 0.2) is 0 Å². The lowest BCUT2D eigenvalue weighted by molar-refractivity contribution is -0.142. The van der Waals surface area contributed by atoms with Crippen LogP contribution >= 0.6 is 11.7 Å². The topological polar surface area (TPSA) is 66.4 Å². The van der Waals surface area contributed by atoms with Crippen LogP contribution in [0.4, 0.5) is 0 Å². The number of carbonyl (C=O) groups excluding carboxylic acids is 2. The highest BCUT2D eigenvalue weighted by molar-refractivity contribution is 7.00. The fourth-order valence-corrected chi connectivity index (χ4v) is 4.35. The van der Waals surface area contributed by atoms with Crippen molar-refractivity contribution in [3.8, 4) is 0 Å². The van der Waals surface area contributed by atoms with E-state index in [1.807, 2.05) is 48.3 Å². The minimum Gasteiger partial charge on any atom is -0.342 e. The highest BCUT2D eigenvalue weighted by atomic mass is 32.1. The molecule has 1 aliphatic rings. The van der Waals surface area contributed by atoms with Crippen LogP contribution in [0.15, 0.2) is 48.5 Å². The molecule has 1 fully saturated rings. The standard InChI is InChI=1S/C22H24N4O2S/c1-25(14-17-7-9-19-20(13-17)24-29-23-19)22(28)18-8-10-21(27)26(15-18)12-11-16-5-3-2-4-6-16/h2-7,9,13,18H,8,10-12,14-15H2,1H3/t18-/m0/s1. The van der Waals surface area contributed by atoms with E-state index in [9.17, 15) is 9.59 Å². The Morgan fingerprint density at radius 1 is 1.14 bits per heavy atom. The summed E-state index contributed by atoms with van der Waals surface area (Å²) in [5.41, 5.74) is 3.99. The van der Waals surface area contributed by atoms with Crippen molar-refractivity contribution >= 4 is 34.6 Å². The highest BCUT2D eigenvalue weighted by Gasteiger charge is 2.31. The number of likely N-dealkylation sites (tertiary alicyclic amines) is 1. The molecule has 2 aromatic carbocycles. The van der Waals surface area contributed by atoms with E-state index in [4.69, 9.17) is 0 Å². The molecule has 1 atom stereocenters. The monoisotopic (exact) mass is 408 g/mol. The zero-order valence-electron chi connectivity index (χ0n) is 16.5. The van der Waals surface area contributed by atoms with Crippen LogP contribution in [0.2, 0.25) is 0 Å². The Labute approximate surface area is 174 Å². The Morgan fingerprint density at radius 3 is 2.76 bits per heavy atom. The van der Waals surface area contributed by atoms with Crippen molar-refractivity contribution in [2.45, 2.75) is 25.8 Å². The molecule has 7 heteroatoms. The van der Waals surface area contributed by atoms with Gasteiger partial charge in [0.05, 0.1) is 17.6 Å². The molecular formula is C22H24N4O2S. The van der Waals surface area contributed by atoms with E-state index >= 15 is 0 Å². The average Bonchev–Trinajstić information content (AvgIpc) is 3.21. The molecule has 150 valence electrons. The van der Waals surface area contributed by atoms with Crippen molar-refractivity contribution in [1.29, 1.82) is 0 Å².